The SMILES string of the molecule is CC1(C)Oc2c([N+](=O)[O-])cccc2C1(C)C. The van der Waals surface area contributed by atoms with Crippen molar-refractivity contribution >= 4 is 5.69 Å². The summed E-state index contributed by atoms with van der Waals surface area (Å²) in [4.78, 5) is 10.5. The third-order valence-electron chi connectivity index (χ3n) is 3.73. The van der Waals surface area contributed by atoms with Crippen LogP contribution in [0.15, 0.2) is 18.2 Å². The largest absolute Gasteiger partial charge is 0.480 e. The normalized spacial score (nSPS) is 20.0. The molecule has 0 unspecified atom stereocenters. The number of hydrogen-bond donors (Lipinski definition) is 0. The quantitative estimate of drug-likeness (QED) is 0.541. The molecule has 16 heavy (non-hydrogen) atoms. The van der Waals surface area contributed by atoms with Crippen LogP contribution >= 0.6 is 0 Å². The zero-order valence-electron chi connectivity index (χ0n) is 9.90. The topological polar surface area (TPSA) is 52.4 Å². The molecule has 0 bridgehead atoms. The predicted molar refractivity (Wildman–Crippen MR) is 60.8 cm³/mol. The van der Waals surface area contributed by atoms with Crippen LogP contribution in [-0.2, 0) is 5.41 Å². The third kappa shape index (κ3) is 1.22. The lowest BCUT2D eigenvalue weighted by atomic mass is 9.74. The molecular weight excluding hydrogens is 206 g/mol. The first-order valence-corrected chi connectivity index (χ1v) is 5.24. The van der Waals surface area contributed by atoms with Crippen LogP contribution in [-0.4, -0.2) is 10.5 Å². The zero-order chi connectivity index (χ0) is 12.1. The van der Waals surface area contributed by atoms with Crippen LogP contribution in [0.5, 0.6) is 5.75 Å². The molecule has 4 nitrogen and oxygen atoms in total. The molecule has 0 atom stereocenters. The maximum atomic E-state index is 10.9. The van der Waals surface area contributed by atoms with E-state index < -0.39 is 10.5 Å². The Morgan fingerprint density at radius 3 is 2.44 bits per heavy atom. The Kier molecular flexibility index (Phi) is 2.02. The minimum atomic E-state index is -0.429. The molecule has 0 radical (unpaired) electrons. The van der Waals surface area contributed by atoms with Crippen LogP contribution in [0.4, 0.5) is 5.69 Å². The molecule has 1 heterocycles. The molecule has 0 saturated heterocycles. The summed E-state index contributed by atoms with van der Waals surface area (Å²) in [6, 6.07) is 5.09. The number of fused-ring (bicyclic) bond motifs is 1. The van der Waals surface area contributed by atoms with Gasteiger partial charge in [0.1, 0.15) is 5.60 Å². The summed E-state index contributed by atoms with van der Waals surface area (Å²) in [5.41, 5.74) is 0.304. The van der Waals surface area contributed by atoms with Crippen molar-refractivity contribution in [2.24, 2.45) is 0 Å². The first-order chi connectivity index (χ1) is 7.27. The van der Waals surface area contributed by atoms with Crippen molar-refractivity contribution in [3.05, 3.63) is 33.9 Å². The smallest absolute Gasteiger partial charge is 0.311 e. The van der Waals surface area contributed by atoms with Crippen LogP contribution in [0.25, 0.3) is 0 Å². The monoisotopic (exact) mass is 221 g/mol. The fourth-order valence-corrected chi connectivity index (χ4v) is 1.98. The average molecular weight is 221 g/mol. The van der Waals surface area contributed by atoms with Gasteiger partial charge in [-0.05, 0) is 13.8 Å². The standard InChI is InChI=1S/C12H15NO3/c1-11(2)8-6-5-7-9(13(14)15)10(8)16-12(11,3)4/h5-7H,1-4H3. The highest BCUT2D eigenvalue weighted by Crippen LogP contribution is 2.52. The number of nitro benzene ring substituents is 1. The van der Waals surface area contributed by atoms with Crippen LogP contribution in [0.1, 0.15) is 33.3 Å². The molecule has 0 saturated carbocycles. The van der Waals surface area contributed by atoms with E-state index in [0.29, 0.717) is 5.75 Å². The van der Waals surface area contributed by atoms with Crippen molar-refractivity contribution < 1.29 is 9.66 Å². The maximum Gasteiger partial charge on any atom is 0.311 e. The number of benzene rings is 1. The van der Waals surface area contributed by atoms with Gasteiger partial charge in [-0.15, -0.1) is 0 Å². The first-order valence-electron chi connectivity index (χ1n) is 5.24. The fourth-order valence-electron chi connectivity index (χ4n) is 1.98. The van der Waals surface area contributed by atoms with E-state index in [1.807, 2.05) is 33.8 Å². The summed E-state index contributed by atoms with van der Waals surface area (Å²) < 4.78 is 5.76. The summed E-state index contributed by atoms with van der Waals surface area (Å²) in [6.07, 6.45) is 0. The number of hydrogen-bond acceptors (Lipinski definition) is 3. The summed E-state index contributed by atoms with van der Waals surface area (Å²) in [5.74, 6) is 0.419. The lowest BCUT2D eigenvalue weighted by Gasteiger charge is -2.33. The highest BCUT2D eigenvalue weighted by atomic mass is 16.6. The molecule has 1 aromatic carbocycles. The van der Waals surface area contributed by atoms with Gasteiger partial charge in [0.25, 0.3) is 0 Å². The van der Waals surface area contributed by atoms with E-state index in [1.54, 1.807) is 6.07 Å². The van der Waals surface area contributed by atoms with Gasteiger partial charge < -0.3 is 4.74 Å². The highest BCUT2D eigenvalue weighted by Gasteiger charge is 2.50. The summed E-state index contributed by atoms with van der Waals surface area (Å²) in [6.45, 7) is 8.00. The minimum absolute atomic E-state index is 0.0520. The van der Waals surface area contributed by atoms with Gasteiger partial charge in [-0.25, -0.2) is 0 Å². The van der Waals surface area contributed by atoms with Crippen molar-refractivity contribution in [1.82, 2.24) is 0 Å². The number of ether oxygens (including phenoxy) is 1. The molecule has 1 aromatic rings. The zero-order valence-corrected chi connectivity index (χ0v) is 9.90. The molecule has 4 heteroatoms. The molecule has 0 fully saturated rings. The number of nitrogens with zero attached hydrogens (tertiary/aromatic N) is 1. The maximum absolute atomic E-state index is 10.9. The Balaban J connectivity index is 2.68. The molecule has 1 aliphatic rings. The van der Waals surface area contributed by atoms with Gasteiger partial charge in [-0.3, -0.25) is 10.1 Å². The Morgan fingerprint density at radius 1 is 1.25 bits per heavy atom. The molecule has 1 aliphatic heterocycles. The van der Waals surface area contributed by atoms with E-state index in [4.69, 9.17) is 4.74 Å². The average Bonchev–Trinajstić information content (AvgIpc) is 2.33. The second-order valence-electron chi connectivity index (χ2n) is 5.15. The van der Waals surface area contributed by atoms with Crippen molar-refractivity contribution in [2.45, 2.75) is 38.7 Å². The molecule has 0 aromatic heterocycles. The van der Waals surface area contributed by atoms with Gasteiger partial charge in [0.2, 0.25) is 5.75 Å². The first kappa shape index (κ1) is 10.9. The van der Waals surface area contributed by atoms with Crippen molar-refractivity contribution in [1.29, 1.82) is 0 Å². The third-order valence-corrected chi connectivity index (χ3v) is 3.73. The van der Waals surface area contributed by atoms with Crippen LogP contribution < -0.4 is 4.74 Å². The van der Waals surface area contributed by atoms with E-state index in [2.05, 4.69) is 0 Å². The Hall–Kier alpha value is -1.58. The second-order valence-corrected chi connectivity index (χ2v) is 5.15. The second kappa shape index (κ2) is 2.97. The minimum Gasteiger partial charge on any atom is -0.480 e. The number of nitro groups is 1. The van der Waals surface area contributed by atoms with E-state index in [-0.39, 0.29) is 11.1 Å². The summed E-state index contributed by atoms with van der Waals surface area (Å²) >= 11 is 0. The van der Waals surface area contributed by atoms with E-state index in [0.717, 1.165) is 5.56 Å². The highest BCUT2D eigenvalue weighted by molar-refractivity contribution is 5.58. The predicted octanol–water partition coefficient (Wildman–Crippen LogP) is 3.04. The van der Waals surface area contributed by atoms with Gasteiger partial charge in [-0.2, -0.15) is 0 Å². The molecule has 0 spiro atoms. The summed E-state index contributed by atoms with van der Waals surface area (Å²) in [7, 11) is 0. The van der Waals surface area contributed by atoms with Crippen LogP contribution in [0.3, 0.4) is 0 Å². The van der Waals surface area contributed by atoms with Crippen molar-refractivity contribution in [2.75, 3.05) is 0 Å². The Morgan fingerprint density at radius 2 is 1.88 bits per heavy atom. The fraction of sp³-hybridized carbons (Fsp3) is 0.500. The van der Waals surface area contributed by atoms with Crippen molar-refractivity contribution in [3.8, 4) is 5.75 Å². The lowest BCUT2D eigenvalue weighted by Crippen LogP contribution is -2.41. The molecular formula is C12H15NO3. The summed E-state index contributed by atoms with van der Waals surface area (Å²) in [5, 5.41) is 10.9. The molecule has 0 aliphatic carbocycles. The molecule has 2 rings (SSSR count). The van der Waals surface area contributed by atoms with Gasteiger partial charge in [0.05, 0.1) is 4.92 Å². The Labute approximate surface area is 94.4 Å². The number of rotatable bonds is 1. The van der Waals surface area contributed by atoms with Gasteiger partial charge >= 0.3 is 5.69 Å². The van der Waals surface area contributed by atoms with Crippen LogP contribution in [0, 0.1) is 10.1 Å². The number of para-hydroxylation sites is 1. The van der Waals surface area contributed by atoms with Gasteiger partial charge in [-0.1, -0.05) is 26.0 Å². The van der Waals surface area contributed by atoms with Crippen molar-refractivity contribution in [3.63, 3.8) is 0 Å². The van der Waals surface area contributed by atoms with E-state index in [9.17, 15) is 10.1 Å². The van der Waals surface area contributed by atoms with Gasteiger partial charge in [0.15, 0.2) is 0 Å². The molecule has 86 valence electrons. The molecule has 0 amide bonds. The van der Waals surface area contributed by atoms with Gasteiger partial charge in [0, 0.05) is 17.0 Å². The lowest BCUT2D eigenvalue weighted by molar-refractivity contribution is -0.386. The van der Waals surface area contributed by atoms with Crippen LogP contribution in [0.2, 0.25) is 0 Å². The Bertz CT molecular complexity index is 463. The van der Waals surface area contributed by atoms with E-state index in [1.165, 1.54) is 6.07 Å². The van der Waals surface area contributed by atoms with E-state index >= 15 is 0 Å². The molecule has 0 N–H and O–H groups in total.